The van der Waals surface area contributed by atoms with Crippen molar-refractivity contribution in [3.63, 3.8) is 0 Å². The van der Waals surface area contributed by atoms with Crippen LogP contribution in [-0.2, 0) is 6.42 Å². The van der Waals surface area contributed by atoms with E-state index in [4.69, 9.17) is 0 Å². The van der Waals surface area contributed by atoms with Gasteiger partial charge in [0, 0.05) is 29.1 Å². The monoisotopic (exact) mass is 280 g/mol. The van der Waals surface area contributed by atoms with Gasteiger partial charge in [-0.3, -0.25) is 4.79 Å². The highest BCUT2D eigenvalue weighted by Gasteiger charge is 2.19. The lowest BCUT2D eigenvalue weighted by Gasteiger charge is -2.21. The summed E-state index contributed by atoms with van der Waals surface area (Å²) < 4.78 is 0. The van der Waals surface area contributed by atoms with Gasteiger partial charge in [-0.1, -0.05) is 6.07 Å². The standard InChI is InChI=1S/C14H20N2O2S/c1-9(13(8-17)19-2)16-14(18)11-4-3-10-5-6-15-12(10)7-11/h3-4,7,9,13,15,17H,5-6,8H2,1-2H3,(H,16,18). The van der Waals surface area contributed by atoms with Gasteiger partial charge in [-0.05, 0) is 37.3 Å². The number of carbonyl (C=O) groups excluding carboxylic acids is 1. The Morgan fingerprint density at radius 1 is 1.58 bits per heavy atom. The highest BCUT2D eigenvalue weighted by molar-refractivity contribution is 7.99. The average molecular weight is 280 g/mol. The topological polar surface area (TPSA) is 61.4 Å². The minimum absolute atomic E-state index is 0.0245. The first kappa shape index (κ1) is 14.2. The maximum atomic E-state index is 12.2. The second-order valence-electron chi connectivity index (χ2n) is 4.77. The lowest BCUT2D eigenvalue weighted by molar-refractivity contribution is 0.0936. The summed E-state index contributed by atoms with van der Waals surface area (Å²) >= 11 is 1.56. The Morgan fingerprint density at radius 3 is 3.05 bits per heavy atom. The molecule has 1 aromatic carbocycles. The Labute approximate surface area is 118 Å². The van der Waals surface area contributed by atoms with Crippen LogP contribution >= 0.6 is 11.8 Å². The number of aliphatic hydroxyl groups is 1. The molecule has 1 amide bonds. The van der Waals surface area contributed by atoms with Crippen LogP contribution in [0, 0.1) is 0 Å². The molecule has 0 saturated carbocycles. The summed E-state index contributed by atoms with van der Waals surface area (Å²) in [4.78, 5) is 12.2. The predicted octanol–water partition coefficient (Wildman–Crippen LogP) is 1.50. The van der Waals surface area contributed by atoms with E-state index in [2.05, 4.69) is 10.6 Å². The zero-order valence-corrected chi connectivity index (χ0v) is 12.1. The van der Waals surface area contributed by atoms with E-state index in [1.54, 1.807) is 11.8 Å². The molecule has 2 rings (SSSR count). The second-order valence-corrected chi connectivity index (χ2v) is 5.84. The summed E-state index contributed by atoms with van der Waals surface area (Å²) in [5.41, 5.74) is 2.99. The number of rotatable bonds is 5. The highest BCUT2D eigenvalue weighted by atomic mass is 32.2. The quantitative estimate of drug-likeness (QED) is 0.765. The van der Waals surface area contributed by atoms with Crippen molar-refractivity contribution in [1.29, 1.82) is 0 Å². The molecule has 1 heterocycles. The summed E-state index contributed by atoms with van der Waals surface area (Å²) in [7, 11) is 0. The summed E-state index contributed by atoms with van der Waals surface area (Å²) in [6, 6.07) is 5.71. The fourth-order valence-electron chi connectivity index (χ4n) is 2.25. The number of fused-ring (bicyclic) bond motifs is 1. The van der Waals surface area contributed by atoms with E-state index in [0.717, 1.165) is 18.7 Å². The number of amides is 1. The van der Waals surface area contributed by atoms with Crippen molar-refractivity contribution in [3.05, 3.63) is 29.3 Å². The Hall–Kier alpha value is -1.20. The Morgan fingerprint density at radius 2 is 2.37 bits per heavy atom. The molecule has 0 radical (unpaired) electrons. The van der Waals surface area contributed by atoms with Crippen molar-refractivity contribution in [2.75, 3.05) is 24.7 Å². The van der Waals surface area contributed by atoms with E-state index >= 15 is 0 Å². The number of benzene rings is 1. The molecule has 1 aliphatic heterocycles. The SMILES string of the molecule is CSC(CO)C(C)NC(=O)c1ccc2c(c1)NCC2. The van der Waals surface area contributed by atoms with Crippen molar-refractivity contribution < 1.29 is 9.90 Å². The first-order valence-corrected chi connectivity index (χ1v) is 7.75. The molecule has 4 nitrogen and oxygen atoms in total. The van der Waals surface area contributed by atoms with E-state index in [0.29, 0.717) is 5.56 Å². The first-order valence-electron chi connectivity index (χ1n) is 6.47. The van der Waals surface area contributed by atoms with Gasteiger partial charge in [0.1, 0.15) is 0 Å². The third kappa shape index (κ3) is 3.22. The summed E-state index contributed by atoms with van der Waals surface area (Å²) in [6.45, 7) is 2.92. The molecule has 5 heteroatoms. The molecular formula is C14H20N2O2S. The van der Waals surface area contributed by atoms with Gasteiger partial charge in [0.25, 0.3) is 5.91 Å². The van der Waals surface area contributed by atoms with Crippen molar-refractivity contribution in [3.8, 4) is 0 Å². The van der Waals surface area contributed by atoms with E-state index < -0.39 is 0 Å². The molecule has 1 aromatic rings. The second kappa shape index (κ2) is 6.30. The van der Waals surface area contributed by atoms with Crippen LogP contribution in [0.15, 0.2) is 18.2 Å². The van der Waals surface area contributed by atoms with Crippen molar-refractivity contribution in [2.24, 2.45) is 0 Å². The molecule has 0 bridgehead atoms. The zero-order valence-electron chi connectivity index (χ0n) is 11.3. The fourth-order valence-corrected chi connectivity index (χ4v) is 2.88. The average Bonchev–Trinajstić information content (AvgIpc) is 2.87. The van der Waals surface area contributed by atoms with Crippen molar-refractivity contribution >= 4 is 23.4 Å². The van der Waals surface area contributed by atoms with Crippen LogP contribution in [0.4, 0.5) is 5.69 Å². The molecule has 2 unspecified atom stereocenters. The van der Waals surface area contributed by atoms with E-state index in [9.17, 15) is 9.90 Å². The van der Waals surface area contributed by atoms with Crippen LogP contribution in [-0.4, -0.2) is 41.7 Å². The van der Waals surface area contributed by atoms with Crippen molar-refractivity contribution in [1.82, 2.24) is 5.32 Å². The van der Waals surface area contributed by atoms with Gasteiger partial charge in [-0.15, -0.1) is 0 Å². The van der Waals surface area contributed by atoms with Gasteiger partial charge < -0.3 is 15.7 Å². The fraction of sp³-hybridized carbons (Fsp3) is 0.500. The van der Waals surface area contributed by atoms with Gasteiger partial charge in [0.2, 0.25) is 0 Å². The first-order chi connectivity index (χ1) is 9.15. The van der Waals surface area contributed by atoms with Gasteiger partial charge >= 0.3 is 0 Å². The molecule has 0 saturated heterocycles. The van der Waals surface area contributed by atoms with Crippen LogP contribution in [0.2, 0.25) is 0 Å². The number of hydrogen-bond acceptors (Lipinski definition) is 4. The molecule has 0 aliphatic carbocycles. The molecule has 2 atom stereocenters. The molecule has 0 spiro atoms. The maximum Gasteiger partial charge on any atom is 0.251 e. The van der Waals surface area contributed by atoms with Crippen LogP contribution in [0.3, 0.4) is 0 Å². The number of anilines is 1. The smallest absolute Gasteiger partial charge is 0.251 e. The normalized spacial score (nSPS) is 16.4. The molecule has 0 aromatic heterocycles. The molecule has 1 aliphatic rings. The van der Waals surface area contributed by atoms with Crippen LogP contribution in [0.5, 0.6) is 0 Å². The van der Waals surface area contributed by atoms with E-state index in [-0.39, 0.29) is 23.8 Å². The Balaban J connectivity index is 2.04. The molecule has 0 fully saturated rings. The molecular weight excluding hydrogens is 260 g/mol. The van der Waals surface area contributed by atoms with Gasteiger partial charge in [0.15, 0.2) is 0 Å². The molecule has 19 heavy (non-hydrogen) atoms. The number of aliphatic hydroxyl groups excluding tert-OH is 1. The summed E-state index contributed by atoms with van der Waals surface area (Å²) in [5, 5.41) is 15.5. The minimum atomic E-state index is -0.0866. The maximum absolute atomic E-state index is 12.2. The number of thioether (sulfide) groups is 1. The predicted molar refractivity (Wildman–Crippen MR) is 80.0 cm³/mol. The number of nitrogens with one attached hydrogen (secondary N) is 2. The lowest BCUT2D eigenvalue weighted by Crippen LogP contribution is -2.41. The van der Waals surface area contributed by atoms with Crippen LogP contribution in [0.1, 0.15) is 22.8 Å². The number of hydrogen-bond donors (Lipinski definition) is 3. The summed E-state index contributed by atoms with van der Waals surface area (Å²) in [6.07, 6.45) is 2.95. The molecule has 104 valence electrons. The van der Waals surface area contributed by atoms with Gasteiger partial charge in [0.05, 0.1) is 6.61 Å². The third-order valence-electron chi connectivity index (χ3n) is 3.48. The third-order valence-corrected chi connectivity index (χ3v) is 4.64. The van der Waals surface area contributed by atoms with Gasteiger partial charge in [-0.2, -0.15) is 11.8 Å². The molecule has 3 N–H and O–H groups in total. The zero-order chi connectivity index (χ0) is 13.8. The number of carbonyl (C=O) groups is 1. The summed E-state index contributed by atoms with van der Waals surface area (Å²) in [5.74, 6) is -0.0866. The Bertz CT molecular complexity index is 461. The van der Waals surface area contributed by atoms with E-state index in [1.807, 2.05) is 31.4 Å². The highest BCUT2D eigenvalue weighted by Crippen LogP contribution is 2.23. The van der Waals surface area contributed by atoms with Crippen molar-refractivity contribution in [2.45, 2.75) is 24.6 Å². The largest absolute Gasteiger partial charge is 0.395 e. The van der Waals surface area contributed by atoms with Crippen LogP contribution in [0.25, 0.3) is 0 Å². The minimum Gasteiger partial charge on any atom is -0.395 e. The van der Waals surface area contributed by atoms with Crippen LogP contribution < -0.4 is 10.6 Å². The lowest BCUT2D eigenvalue weighted by atomic mass is 10.1. The van der Waals surface area contributed by atoms with Gasteiger partial charge in [-0.25, -0.2) is 0 Å². The van der Waals surface area contributed by atoms with E-state index in [1.165, 1.54) is 5.56 Å². The Kier molecular flexibility index (Phi) is 4.71.